The van der Waals surface area contributed by atoms with Gasteiger partial charge < -0.3 is 10.6 Å². The van der Waals surface area contributed by atoms with Gasteiger partial charge in [-0.2, -0.15) is 0 Å². The molecular weight excluding hydrogens is 224 g/mol. The predicted octanol–water partition coefficient (Wildman–Crippen LogP) is 3.12. The van der Waals surface area contributed by atoms with Crippen LogP contribution in [0, 0.1) is 5.92 Å². The molecule has 1 unspecified atom stereocenters. The van der Waals surface area contributed by atoms with E-state index in [1.807, 2.05) is 12.1 Å². The monoisotopic (exact) mass is 238 g/mol. The molecule has 1 heterocycles. The smallest absolute Gasteiger partial charge is 0.246 e. The predicted molar refractivity (Wildman–Crippen MR) is 66.9 cm³/mol. The lowest BCUT2D eigenvalue weighted by Crippen LogP contribution is -2.39. The third kappa shape index (κ3) is 2.30. The van der Waals surface area contributed by atoms with Gasteiger partial charge in [-0.3, -0.25) is 4.79 Å². The number of hydrogen-bond donors (Lipinski definition) is 2. The minimum Gasteiger partial charge on any atom is -0.372 e. The Morgan fingerprint density at radius 3 is 2.81 bits per heavy atom. The number of benzene rings is 1. The molecule has 0 aromatic heterocycles. The maximum Gasteiger partial charge on any atom is 0.246 e. The van der Waals surface area contributed by atoms with Crippen LogP contribution in [0.3, 0.4) is 0 Å². The molecule has 0 aliphatic carbocycles. The van der Waals surface area contributed by atoms with Crippen molar-refractivity contribution in [2.24, 2.45) is 5.92 Å². The number of nitrogens with one attached hydrogen (secondary N) is 2. The molecule has 1 aromatic carbocycles. The molecule has 1 amide bonds. The first-order chi connectivity index (χ1) is 7.56. The number of anilines is 2. The molecule has 0 fully saturated rings. The largest absolute Gasteiger partial charge is 0.372 e. The summed E-state index contributed by atoms with van der Waals surface area (Å²) in [4.78, 5) is 11.8. The number of fused-ring (bicyclic) bond motifs is 1. The van der Waals surface area contributed by atoms with Crippen molar-refractivity contribution in [3.05, 3.63) is 23.2 Å². The minimum absolute atomic E-state index is 0.0171. The molecule has 2 N–H and O–H groups in total. The fraction of sp³-hybridized carbons (Fsp3) is 0.417. The first-order valence-electron chi connectivity index (χ1n) is 5.43. The maximum atomic E-state index is 11.8. The van der Waals surface area contributed by atoms with Gasteiger partial charge in [-0.1, -0.05) is 25.4 Å². The second kappa shape index (κ2) is 4.34. The number of rotatable bonds is 2. The summed E-state index contributed by atoms with van der Waals surface area (Å²) in [7, 11) is 0. The molecule has 0 saturated heterocycles. The van der Waals surface area contributed by atoms with E-state index in [-0.39, 0.29) is 11.9 Å². The van der Waals surface area contributed by atoms with Crippen LogP contribution in [0.1, 0.15) is 20.3 Å². The summed E-state index contributed by atoms with van der Waals surface area (Å²) in [5, 5.41) is 6.73. The normalized spacial score (nSPS) is 19.0. The van der Waals surface area contributed by atoms with Crippen LogP contribution in [0.5, 0.6) is 0 Å². The summed E-state index contributed by atoms with van der Waals surface area (Å²) in [5.41, 5.74) is 1.70. The maximum absolute atomic E-state index is 11.8. The van der Waals surface area contributed by atoms with E-state index in [1.54, 1.807) is 6.07 Å². The minimum atomic E-state index is -0.145. The van der Waals surface area contributed by atoms with Gasteiger partial charge in [-0.25, -0.2) is 0 Å². The number of amides is 1. The molecule has 16 heavy (non-hydrogen) atoms. The van der Waals surface area contributed by atoms with E-state index in [4.69, 9.17) is 11.6 Å². The van der Waals surface area contributed by atoms with Crippen molar-refractivity contribution in [3.63, 3.8) is 0 Å². The first-order valence-corrected chi connectivity index (χ1v) is 5.81. The Morgan fingerprint density at radius 1 is 1.38 bits per heavy atom. The molecule has 0 bridgehead atoms. The number of halogens is 1. The van der Waals surface area contributed by atoms with Gasteiger partial charge in [0.15, 0.2) is 0 Å². The molecule has 1 atom stereocenters. The zero-order chi connectivity index (χ0) is 11.7. The average molecular weight is 239 g/mol. The third-order valence-corrected chi connectivity index (χ3v) is 2.83. The van der Waals surface area contributed by atoms with Crippen molar-refractivity contribution < 1.29 is 4.79 Å². The molecule has 1 aliphatic heterocycles. The van der Waals surface area contributed by atoms with Crippen molar-refractivity contribution in [2.75, 3.05) is 10.6 Å². The van der Waals surface area contributed by atoms with E-state index in [1.165, 1.54) is 0 Å². The topological polar surface area (TPSA) is 41.1 Å². The van der Waals surface area contributed by atoms with Crippen LogP contribution in [-0.2, 0) is 4.79 Å². The van der Waals surface area contributed by atoms with E-state index < -0.39 is 0 Å². The van der Waals surface area contributed by atoms with E-state index in [0.717, 1.165) is 17.8 Å². The molecule has 0 radical (unpaired) electrons. The van der Waals surface area contributed by atoms with Gasteiger partial charge >= 0.3 is 0 Å². The summed E-state index contributed by atoms with van der Waals surface area (Å²) in [6, 6.07) is 5.32. The molecular formula is C12H15ClN2O. The van der Waals surface area contributed by atoms with E-state index in [2.05, 4.69) is 24.5 Å². The second-order valence-corrected chi connectivity index (χ2v) is 4.94. The van der Waals surface area contributed by atoms with E-state index in [9.17, 15) is 4.79 Å². The molecule has 86 valence electrons. The van der Waals surface area contributed by atoms with Crippen molar-refractivity contribution in [1.82, 2.24) is 0 Å². The Hall–Kier alpha value is -1.22. The van der Waals surface area contributed by atoms with Crippen LogP contribution >= 0.6 is 11.6 Å². The van der Waals surface area contributed by atoms with Gasteiger partial charge in [0.25, 0.3) is 0 Å². The highest BCUT2D eigenvalue weighted by molar-refractivity contribution is 6.31. The zero-order valence-electron chi connectivity index (χ0n) is 9.38. The summed E-state index contributed by atoms with van der Waals surface area (Å²) in [5.74, 6) is 0.501. The van der Waals surface area contributed by atoms with Crippen LogP contribution in [0.15, 0.2) is 18.2 Å². The summed E-state index contributed by atoms with van der Waals surface area (Å²) < 4.78 is 0. The fourth-order valence-corrected chi connectivity index (χ4v) is 2.03. The quantitative estimate of drug-likeness (QED) is 0.831. The Morgan fingerprint density at radius 2 is 2.12 bits per heavy atom. The zero-order valence-corrected chi connectivity index (χ0v) is 10.1. The van der Waals surface area contributed by atoms with Crippen molar-refractivity contribution in [3.8, 4) is 0 Å². The van der Waals surface area contributed by atoms with Crippen LogP contribution in [-0.4, -0.2) is 11.9 Å². The lowest BCUT2D eigenvalue weighted by molar-refractivity contribution is -0.117. The molecule has 4 heteroatoms. The molecule has 1 aliphatic rings. The highest BCUT2D eigenvalue weighted by atomic mass is 35.5. The van der Waals surface area contributed by atoms with E-state index >= 15 is 0 Å². The van der Waals surface area contributed by atoms with Crippen LogP contribution in [0.2, 0.25) is 5.02 Å². The molecule has 3 nitrogen and oxygen atoms in total. The standard InChI is InChI=1S/C12H15ClN2O/c1-7(2)5-11-12(16)15-10-6-8(13)3-4-9(10)14-11/h3-4,6-7,11,14H,5H2,1-2H3,(H,15,16). The van der Waals surface area contributed by atoms with E-state index in [0.29, 0.717) is 10.9 Å². The summed E-state index contributed by atoms with van der Waals surface area (Å²) in [6.07, 6.45) is 0.827. The average Bonchev–Trinajstić information content (AvgIpc) is 2.19. The molecule has 1 aromatic rings. The highest BCUT2D eigenvalue weighted by Crippen LogP contribution is 2.30. The Kier molecular flexibility index (Phi) is 3.06. The fourth-order valence-electron chi connectivity index (χ4n) is 1.86. The Balaban J connectivity index is 2.22. The van der Waals surface area contributed by atoms with Crippen LogP contribution in [0.4, 0.5) is 11.4 Å². The number of carbonyl (C=O) groups excluding carboxylic acids is 1. The number of carbonyl (C=O) groups is 1. The Labute approximate surface area is 100 Å². The van der Waals surface area contributed by atoms with Gasteiger partial charge in [0.2, 0.25) is 5.91 Å². The first kappa shape index (κ1) is 11.3. The summed E-state index contributed by atoms with van der Waals surface area (Å²) in [6.45, 7) is 4.21. The van der Waals surface area contributed by atoms with Gasteiger partial charge in [-0.05, 0) is 30.5 Å². The summed E-state index contributed by atoms with van der Waals surface area (Å²) >= 11 is 5.87. The third-order valence-electron chi connectivity index (χ3n) is 2.59. The van der Waals surface area contributed by atoms with Crippen molar-refractivity contribution in [1.29, 1.82) is 0 Å². The van der Waals surface area contributed by atoms with Gasteiger partial charge in [-0.15, -0.1) is 0 Å². The van der Waals surface area contributed by atoms with Gasteiger partial charge in [0.1, 0.15) is 6.04 Å². The van der Waals surface area contributed by atoms with Gasteiger partial charge in [0.05, 0.1) is 11.4 Å². The molecule has 0 spiro atoms. The van der Waals surface area contributed by atoms with Crippen LogP contribution < -0.4 is 10.6 Å². The van der Waals surface area contributed by atoms with Crippen molar-refractivity contribution >= 4 is 28.9 Å². The molecule has 2 rings (SSSR count). The van der Waals surface area contributed by atoms with Crippen molar-refractivity contribution in [2.45, 2.75) is 26.3 Å². The number of hydrogen-bond acceptors (Lipinski definition) is 2. The second-order valence-electron chi connectivity index (χ2n) is 4.51. The lowest BCUT2D eigenvalue weighted by Gasteiger charge is -2.27. The Bertz CT molecular complexity index is 417. The SMILES string of the molecule is CC(C)CC1Nc2ccc(Cl)cc2NC1=O. The van der Waals surface area contributed by atoms with Gasteiger partial charge in [0, 0.05) is 5.02 Å². The van der Waals surface area contributed by atoms with Crippen LogP contribution in [0.25, 0.3) is 0 Å². The molecule has 0 saturated carbocycles. The highest BCUT2D eigenvalue weighted by Gasteiger charge is 2.25. The lowest BCUT2D eigenvalue weighted by atomic mass is 10.0.